The summed E-state index contributed by atoms with van der Waals surface area (Å²) in [5.74, 6) is -0.173. The highest BCUT2D eigenvalue weighted by molar-refractivity contribution is 5.95. The maximum absolute atomic E-state index is 12.0. The molecule has 1 heterocycles. The number of carbonyl (C=O) groups is 3. The van der Waals surface area contributed by atoms with Crippen LogP contribution in [0.15, 0.2) is 0 Å². The van der Waals surface area contributed by atoms with Crippen LogP contribution in [0.4, 0.5) is 4.79 Å². The van der Waals surface area contributed by atoms with Crippen LogP contribution in [0, 0.1) is 0 Å². The molecular formula is C17H29N5O3. The number of hydrogen-bond donors (Lipinski definition) is 3. The minimum atomic E-state index is -0.382. The molecule has 3 aliphatic rings. The standard InChI is InChI=1S/C17H29N5O3/c23-15(18-14-5-6-14)11-21-7-9-22(10-8-21)12-16(24)20-17(25)19-13-3-1-2-4-13/h13-14H,1-12H2,(H,18,23)(H2,19,20,24,25). The van der Waals surface area contributed by atoms with Crippen molar-refractivity contribution in [1.82, 2.24) is 25.8 Å². The van der Waals surface area contributed by atoms with Gasteiger partial charge in [-0.15, -0.1) is 0 Å². The highest BCUT2D eigenvalue weighted by Gasteiger charge is 2.26. The molecule has 3 fully saturated rings. The van der Waals surface area contributed by atoms with Crippen molar-refractivity contribution >= 4 is 17.8 Å². The fourth-order valence-corrected chi connectivity index (χ4v) is 3.47. The van der Waals surface area contributed by atoms with Gasteiger partial charge in [-0.05, 0) is 25.7 Å². The first-order chi connectivity index (χ1) is 12.1. The molecule has 0 bridgehead atoms. The van der Waals surface area contributed by atoms with Gasteiger partial charge < -0.3 is 10.6 Å². The van der Waals surface area contributed by atoms with E-state index in [4.69, 9.17) is 0 Å². The summed E-state index contributed by atoms with van der Waals surface area (Å²) in [6.07, 6.45) is 6.48. The molecule has 0 radical (unpaired) electrons. The number of carbonyl (C=O) groups excluding carboxylic acids is 3. The van der Waals surface area contributed by atoms with Gasteiger partial charge in [0, 0.05) is 38.3 Å². The Bertz CT molecular complexity index is 495. The number of hydrogen-bond acceptors (Lipinski definition) is 5. The lowest BCUT2D eigenvalue weighted by atomic mass is 10.2. The summed E-state index contributed by atoms with van der Waals surface area (Å²) in [6.45, 7) is 3.64. The number of rotatable bonds is 6. The first-order valence-corrected chi connectivity index (χ1v) is 9.43. The fraction of sp³-hybridized carbons (Fsp3) is 0.824. The van der Waals surface area contributed by atoms with E-state index in [2.05, 4.69) is 20.9 Å². The summed E-state index contributed by atoms with van der Waals surface area (Å²) >= 11 is 0. The molecule has 1 saturated heterocycles. The third-order valence-corrected chi connectivity index (χ3v) is 5.09. The van der Waals surface area contributed by atoms with Gasteiger partial charge in [-0.25, -0.2) is 4.79 Å². The Morgan fingerprint density at radius 3 is 1.80 bits per heavy atom. The van der Waals surface area contributed by atoms with Crippen LogP contribution in [0.2, 0.25) is 0 Å². The Labute approximate surface area is 148 Å². The Balaban J connectivity index is 1.29. The highest BCUT2D eigenvalue weighted by Crippen LogP contribution is 2.18. The molecule has 0 spiro atoms. The lowest BCUT2D eigenvalue weighted by Gasteiger charge is -2.33. The van der Waals surface area contributed by atoms with Crippen molar-refractivity contribution in [1.29, 1.82) is 0 Å². The van der Waals surface area contributed by atoms with Gasteiger partial charge in [0.25, 0.3) is 0 Å². The van der Waals surface area contributed by atoms with Crippen LogP contribution in [-0.4, -0.2) is 79.0 Å². The lowest BCUT2D eigenvalue weighted by Crippen LogP contribution is -2.53. The molecular weight excluding hydrogens is 322 g/mol. The zero-order valence-electron chi connectivity index (χ0n) is 14.8. The summed E-state index contributed by atoms with van der Waals surface area (Å²) in [7, 11) is 0. The summed E-state index contributed by atoms with van der Waals surface area (Å²) in [5.41, 5.74) is 0. The van der Waals surface area contributed by atoms with Crippen molar-refractivity contribution in [2.45, 2.75) is 50.6 Å². The molecule has 0 unspecified atom stereocenters. The third-order valence-electron chi connectivity index (χ3n) is 5.09. The van der Waals surface area contributed by atoms with Crippen LogP contribution in [0.3, 0.4) is 0 Å². The first kappa shape index (κ1) is 18.1. The van der Waals surface area contributed by atoms with E-state index in [9.17, 15) is 14.4 Å². The average molecular weight is 351 g/mol. The summed E-state index contributed by atoms with van der Waals surface area (Å²) in [4.78, 5) is 39.7. The monoisotopic (exact) mass is 351 g/mol. The summed E-state index contributed by atoms with van der Waals surface area (Å²) < 4.78 is 0. The van der Waals surface area contributed by atoms with Crippen LogP contribution in [0.1, 0.15) is 38.5 Å². The minimum absolute atomic E-state index is 0.0947. The quantitative estimate of drug-likeness (QED) is 0.608. The van der Waals surface area contributed by atoms with Crippen LogP contribution < -0.4 is 16.0 Å². The Hall–Kier alpha value is -1.67. The van der Waals surface area contributed by atoms with Crippen LogP contribution in [-0.2, 0) is 9.59 Å². The predicted molar refractivity (Wildman–Crippen MR) is 93.0 cm³/mol. The molecule has 8 nitrogen and oxygen atoms in total. The van der Waals surface area contributed by atoms with E-state index in [1.165, 1.54) is 0 Å². The second-order valence-corrected chi connectivity index (χ2v) is 7.40. The lowest BCUT2D eigenvalue weighted by molar-refractivity contribution is -0.124. The number of piperazine rings is 1. The molecule has 25 heavy (non-hydrogen) atoms. The minimum Gasteiger partial charge on any atom is -0.352 e. The van der Waals surface area contributed by atoms with Crippen LogP contribution in [0.25, 0.3) is 0 Å². The van der Waals surface area contributed by atoms with Crippen LogP contribution in [0.5, 0.6) is 0 Å². The topological polar surface area (TPSA) is 93.8 Å². The SMILES string of the molecule is O=C(CN1CCN(CC(=O)NC2CC2)CC1)NC(=O)NC1CCCC1. The maximum Gasteiger partial charge on any atom is 0.321 e. The number of nitrogens with one attached hydrogen (secondary N) is 3. The van der Waals surface area contributed by atoms with Gasteiger partial charge in [0.1, 0.15) is 0 Å². The second kappa shape index (κ2) is 8.62. The molecule has 4 amide bonds. The third kappa shape index (κ3) is 6.28. The second-order valence-electron chi connectivity index (χ2n) is 7.40. The number of imide groups is 1. The number of nitrogens with zero attached hydrogens (tertiary/aromatic N) is 2. The average Bonchev–Trinajstić information content (AvgIpc) is 3.22. The van der Waals surface area contributed by atoms with Crippen molar-refractivity contribution in [3.63, 3.8) is 0 Å². The Morgan fingerprint density at radius 2 is 1.24 bits per heavy atom. The van der Waals surface area contributed by atoms with E-state index >= 15 is 0 Å². The molecule has 0 aromatic carbocycles. The van der Waals surface area contributed by atoms with Gasteiger partial charge in [-0.3, -0.25) is 24.7 Å². The van der Waals surface area contributed by atoms with Crippen molar-refractivity contribution < 1.29 is 14.4 Å². The van der Waals surface area contributed by atoms with Gasteiger partial charge in [0.2, 0.25) is 11.8 Å². The van der Waals surface area contributed by atoms with Crippen molar-refractivity contribution in [2.75, 3.05) is 39.3 Å². The molecule has 0 atom stereocenters. The molecule has 2 saturated carbocycles. The van der Waals surface area contributed by atoms with Gasteiger partial charge in [-0.1, -0.05) is 12.8 Å². The van der Waals surface area contributed by atoms with Gasteiger partial charge in [-0.2, -0.15) is 0 Å². The van der Waals surface area contributed by atoms with E-state index in [0.717, 1.165) is 64.7 Å². The first-order valence-electron chi connectivity index (χ1n) is 9.43. The highest BCUT2D eigenvalue weighted by atomic mass is 16.2. The summed E-state index contributed by atoms with van der Waals surface area (Å²) in [6, 6.07) is 0.221. The molecule has 3 N–H and O–H groups in total. The molecule has 3 rings (SSSR count). The Morgan fingerprint density at radius 1 is 0.720 bits per heavy atom. The molecule has 0 aromatic heterocycles. The molecule has 0 aromatic rings. The summed E-state index contributed by atoms with van der Waals surface area (Å²) in [5, 5.41) is 8.26. The van der Waals surface area contributed by atoms with E-state index < -0.39 is 0 Å². The van der Waals surface area contributed by atoms with Crippen molar-refractivity contribution in [2.24, 2.45) is 0 Å². The zero-order chi connectivity index (χ0) is 17.6. The maximum atomic E-state index is 12.0. The van der Waals surface area contributed by atoms with E-state index in [1.54, 1.807) is 0 Å². The molecule has 2 aliphatic carbocycles. The van der Waals surface area contributed by atoms with Gasteiger partial charge in [0.05, 0.1) is 13.1 Å². The van der Waals surface area contributed by atoms with E-state index in [0.29, 0.717) is 12.6 Å². The van der Waals surface area contributed by atoms with E-state index in [-0.39, 0.29) is 30.4 Å². The Kier molecular flexibility index (Phi) is 6.25. The van der Waals surface area contributed by atoms with Crippen molar-refractivity contribution in [3.8, 4) is 0 Å². The molecule has 8 heteroatoms. The zero-order valence-corrected chi connectivity index (χ0v) is 14.8. The fourth-order valence-electron chi connectivity index (χ4n) is 3.47. The normalized spacial score (nSPS) is 22.6. The molecule has 1 aliphatic heterocycles. The number of urea groups is 1. The smallest absolute Gasteiger partial charge is 0.321 e. The largest absolute Gasteiger partial charge is 0.352 e. The predicted octanol–water partition coefficient (Wildman–Crippen LogP) is -0.349. The van der Waals surface area contributed by atoms with E-state index in [1.807, 2.05) is 4.90 Å². The van der Waals surface area contributed by atoms with Crippen molar-refractivity contribution in [3.05, 3.63) is 0 Å². The number of amides is 4. The molecule has 140 valence electrons. The van der Waals surface area contributed by atoms with Gasteiger partial charge in [0.15, 0.2) is 0 Å². The van der Waals surface area contributed by atoms with Crippen LogP contribution >= 0.6 is 0 Å². The van der Waals surface area contributed by atoms with Gasteiger partial charge >= 0.3 is 6.03 Å².